The van der Waals surface area contributed by atoms with E-state index in [0.717, 1.165) is 48.2 Å². The fourth-order valence-corrected chi connectivity index (χ4v) is 4.16. The van der Waals surface area contributed by atoms with Crippen molar-refractivity contribution >= 4 is 11.8 Å². The number of rotatable bonds is 3. The lowest BCUT2D eigenvalue weighted by molar-refractivity contribution is -0.129. The average molecular weight is 382 g/mol. The van der Waals surface area contributed by atoms with Crippen LogP contribution in [0.2, 0.25) is 0 Å². The zero-order chi connectivity index (χ0) is 19.8. The minimum absolute atomic E-state index is 0.0555. The van der Waals surface area contributed by atoms with Gasteiger partial charge in [-0.05, 0) is 26.2 Å². The van der Waals surface area contributed by atoms with Crippen LogP contribution in [0.25, 0.3) is 0 Å². The molecule has 0 radical (unpaired) electrons. The Morgan fingerprint density at radius 1 is 1.32 bits per heavy atom. The summed E-state index contributed by atoms with van der Waals surface area (Å²) in [6.07, 6.45) is 5.15. The second-order valence-corrected chi connectivity index (χ2v) is 7.58. The van der Waals surface area contributed by atoms with E-state index < -0.39 is 0 Å². The number of likely N-dealkylation sites (tertiary alicyclic amines) is 1. The topological polar surface area (TPSA) is 95.1 Å². The zero-order valence-corrected chi connectivity index (χ0v) is 16.7. The Bertz CT molecular complexity index is 921. The second-order valence-electron chi connectivity index (χ2n) is 7.58. The van der Waals surface area contributed by atoms with Crippen LogP contribution in [-0.2, 0) is 24.2 Å². The van der Waals surface area contributed by atoms with E-state index in [-0.39, 0.29) is 17.9 Å². The maximum absolute atomic E-state index is 13.1. The summed E-state index contributed by atoms with van der Waals surface area (Å²) < 4.78 is 0. The van der Waals surface area contributed by atoms with E-state index in [9.17, 15) is 9.59 Å². The average Bonchev–Trinajstić information content (AvgIpc) is 3.33. The molecule has 1 N–H and O–H groups in total. The second kappa shape index (κ2) is 7.33. The first-order valence-electron chi connectivity index (χ1n) is 9.94. The van der Waals surface area contributed by atoms with Crippen LogP contribution in [0, 0.1) is 6.92 Å². The molecule has 1 atom stereocenters. The van der Waals surface area contributed by atoms with Crippen molar-refractivity contribution in [1.29, 1.82) is 0 Å². The van der Waals surface area contributed by atoms with E-state index in [2.05, 4.69) is 15.2 Å². The highest BCUT2D eigenvalue weighted by atomic mass is 16.2. The third-order valence-corrected chi connectivity index (χ3v) is 5.88. The van der Waals surface area contributed by atoms with E-state index in [4.69, 9.17) is 4.98 Å². The van der Waals surface area contributed by atoms with Crippen molar-refractivity contribution < 1.29 is 9.59 Å². The van der Waals surface area contributed by atoms with Crippen molar-refractivity contribution in [3.05, 3.63) is 40.2 Å². The van der Waals surface area contributed by atoms with E-state index in [1.54, 1.807) is 6.92 Å². The summed E-state index contributed by atoms with van der Waals surface area (Å²) in [5, 5.41) is 7.24. The molecule has 148 valence electrons. The Balaban J connectivity index is 1.58. The minimum Gasteiger partial charge on any atom is -0.338 e. The first-order valence-corrected chi connectivity index (χ1v) is 9.94. The largest absolute Gasteiger partial charge is 0.338 e. The summed E-state index contributed by atoms with van der Waals surface area (Å²) in [5.41, 5.74) is 4.41. The van der Waals surface area contributed by atoms with Crippen LogP contribution in [-0.4, -0.2) is 54.9 Å². The molecular weight excluding hydrogens is 356 g/mol. The van der Waals surface area contributed by atoms with Gasteiger partial charge < -0.3 is 9.80 Å². The van der Waals surface area contributed by atoms with Gasteiger partial charge in [-0.3, -0.25) is 14.7 Å². The summed E-state index contributed by atoms with van der Waals surface area (Å²) in [4.78, 5) is 37.8. The van der Waals surface area contributed by atoms with Gasteiger partial charge in [-0.1, -0.05) is 6.92 Å². The van der Waals surface area contributed by atoms with Crippen LogP contribution < -0.4 is 0 Å². The Hall–Kier alpha value is -2.77. The number of nitrogens with zero attached hydrogens (tertiary/aromatic N) is 5. The molecule has 0 aromatic carbocycles. The molecule has 8 nitrogen and oxygen atoms in total. The molecule has 0 spiro atoms. The van der Waals surface area contributed by atoms with Gasteiger partial charge in [0.1, 0.15) is 0 Å². The summed E-state index contributed by atoms with van der Waals surface area (Å²) in [7, 11) is 0. The Labute approximate surface area is 164 Å². The Kier molecular flexibility index (Phi) is 4.87. The van der Waals surface area contributed by atoms with Crippen LogP contribution in [0.4, 0.5) is 0 Å². The number of fused-ring (bicyclic) bond motifs is 1. The van der Waals surface area contributed by atoms with Gasteiger partial charge >= 0.3 is 0 Å². The van der Waals surface area contributed by atoms with Crippen LogP contribution in [0.5, 0.6) is 0 Å². The molecule has 4 heterocycles. The van der Waals surface area contributed by atoms with Crippen molar-refractivity contribution in [2.24, 2.45) is 0 Å². The number of H-pyrrole nitrogens is 1. The first-order chi connectivity index (χ1) is 13.5. The van der Waals surface area contributed by atoms with Crippen molar-refractivity contribution in [3.63, 3.8) is 0 Å². The van der Waals surface area contributed by atoms with Gasteiger partial charge in [-0.2, -0.15) is 5.10 Å². The lowest BCUT2D eigenvalue weighted by Gasteiger charge is -2.28. The highest BCUT2D eigenvalue weighted by Crippen LogP contribution is 2.32. The number of carbonyl (C=O) groups is 2. The first kappa shape index (κ1) is 18.6. The molecule has 28 heavy (non-hydrogen) atoms. The van der Waals surface area contributed by atoms with E-state index in [1.807, 2.05) is 29.8 Å². The number of aromatic nitrogens is 4. The fraction of sp³-hybridized carbons (Fsp3) is 0.550. The molecule has 8 heteroatoms. The van der Waals surface area contributed by atoms with E-state index in [0.29, 0.717) is 31.2 Å². The van der Waals surface area contributed by atoms with Gasteiger partial charge in [0, 0.05) is 56.0 Å². The molecule has 4 rings (SSSR count). The summed E-state index contributed by atoms with van der Waals surface area (Å²) in [6.45, 7) is 7.50. The fourth-order valence-electron chi connectivity index (χ4n) is 4.16. The monoisotopic (exact) mass is 382 g/mol. The summed E-state index contributed by atoms with van der Waals surface area (Å²) in [6, 6.07) is -0.121. The maximum atomic E-state index is 13.1. The highest BCUT2D eigenvalue weighted by molar-refractivity contribution is 5.94. The molecule has 0 bridgehead atoms. The molecule has 1 saturated heterocycles. The molecule has 2 aromatic heterocycles. The number of aryl methyl sites for hydroxylation is 1. The smallest absolute Gasteiger partial charge is 0.275 e. The summed E-state index contributed by atoms with van der Waals surface area (Å²) in [5.74, 6) is 0.716. The number of aromatic amines is 1. The number of nitrogens with one attached hydrogen (secondary N) is 1. The lowest BCUT2D eigenvalue weighted by atomic mass is 10.1. The predicted molar refractivity (Wildman–Crippen MR) is 103 cm³/mol. The molecule has 0 aliphatic carbocycles. The van der Waals surface area contributed by atoms with Crippen molar-refractivity contribution in [2.75, 3.05) is 13.1 Å². The predicted octanol–water partition coefficient (Wildman–Crippen LogP) is 1.95. The molecule has 0 saturated carbocycles. The number of carbonyl (C=O) groups excluding carboxylic acids is 2. The molecule has 2 aliphatic heterocycles. The van der Waals surface area contributed by atoms with Gasteiger partial charge in [-0.25, -0.2) is 9.97 Å². The quantitative estimate of drug-likeness (QED) is 0.875. The number of hydrogen-bond donors (Lipinski definition) is 1. The number of hydrogen-bond acceptors (Lipinski definition) is 5. The van der Waals surface area contributed by atoms with Crippen molar-refractivity contribution in [1.82, 2.24) is 30.0 Å². The standard InChI is InChI=1S/C20H26N6O2/c1-4-15-12(2)18(24-23-15)20(28)26-8-5-6-17(26)19-21-10-14-11-25(13(3)27)9-7-16(14)22-19/h10,17H,4-9,11H2,1-3H3,(H,23,24). The van der Waals surface area contributed by atoms with Gasteiger partial charge in [0.2, 0.25) is 5.91 Å². The van der Waals surface area contributed by atoms with Gasteiger partial charge in [0.25, 0.3) is 5.91 Å². The third kappa shape index (κ3) is 3.16. The number of amides is 2. The van der Waals surface area contributed by atoms with E-state index >= 15 is 0 Å². The van der Waals surface area contributed by atoms with Crippen LogP contribution in [0.1, 0.15) is 71.6 Å². The zero-order valence-electron chi connectivity index (χ0n) is 16.7. The van der Waals surface area contributed by atoms with Crippen LogP contribution in [0.15, 0.2) is 6.20 Å². The van der Waals surface area contributed by atoms with Crippen LogP contribution in [0.3, 0.4) is 0 Å². The molecule has 2 aliphatic rings. The third-order valence-electron chi connectivity index (χ3n) is 5.88. The SMILES string of the molecule is CCc1[nH]nc(C(=O)N2CCCC2c2ncc3c(n2)CCN(C(C)=O)C3)c1C. The normalized spacial score (nSPS) is 19.0. The lowest BCUT2D eigenvalue weighted by Crippen LogP contribution is -2.36. The highest BCUT2D eigenvalue weighted by Gasteiger charge is 2.35. The Morgan fingerprint density at radius 3 is 2.86 bits per heavy atom. The maximum Gasteiger partial charge on any atom is 0.275 e. The molecule has 2 aromatic rings. The summed E-state index contributed by atoms with van der Waals surface area (Å²) >= 11 is 0. The molecular formula is C20H26N6O2. The van der Waals surface area contributed by atoms with Gasteiger partial charge in [0.15, 0.2) is 11.5 Å². The molecule has 1 unspecified atom stereocenters. The van der Waals surface area contributed by atoms with E-state index in [1.165, 1.54) is 0 Å². The van der Waals surface area contributed by atoms with Crippen molar-refractivity contribution in [3.8, 4) is 0 Å². The van der Waals surface area contributed by atoms with Gasteiger partial charge in [0.05, 0.1) is 11.7 Å². The van der Waals surface area contributed by atoms with Gasteiger partial charge in [-0.15, -0.1) is 0 Å². The minimum atomic E-state index is -0.121. The molecule has 1 fully saturated rings. The molecule has 2 amide bonds. The van der Waals surface area contributed by atoms with Crippen LogP contribution >= 0.6 is 0 Å². The Morgan fingerprint density at radius 2 is 2.14 bits per heavy atom. The van der Waals surface area contributed by atoms with Crippen molar-refractivity contribution in [2.45, 2.75) is 59.0 Å².